The normalized spacial score (nSPS) is 13.8. The summed E-state index contributed by atoms with van der Waals surface area (Å²) in [6.07, 6.45) is 2.38. The van der Waals surface area contributed by atoms with E-state index in [1.807, 2.05) is 25.1 Å². The molecule has 1 saturated heterocycles. The van der Waals surface area contributed by atoms with E-state index >= 15 is 0 Å². The lowest BCUT2D eigenvalue weighted by atomic mass is 10.3. The van der Waals surface area contributed by atoms with Crippen LogP contribution in [0.15, 0.2) is 30.3 Å². The van der Waals surface area contributed by atoms with Crippen LogP contribution in [-0.4, -0.2) is 29.1 Å². The number of nitrogens with zero attached hydrogens (tertiary/aromatic N) is 3. The van der Waals surface area contributed by atoms with Gasteiger partial charge < -0.3 is 15.5 Å². The minimum absolute atomic E-state index is 0.263. The number of carbonyl (C=O) groups is 1. The van der Waals surface area contributed by atoms with E-state index in [1.54, 1.807) is 12.1 Å². The molecule has 0 unspecified atom stereocenters. The van der Waals surface area contributed by atoms with Gasteiger partial charge in [0.05, 0.1) is 17.3 Å². The highest BCUT2D eigenvalue weighted by molar-refractivity contribution is 6.33. The highest BCUT2D eigenvalue weighted by Crippen LogP contribution is 2.20. The van der Waals surface area contributed by atoms with Crippen LogP contribution >= 0.6 is 11.6 Å². The minimum Gasteiger partial charge on any atom is -0.357 e. The van der Waals surface area contributed by atoms with Crippen molar-refractivity contribution in [3.8, 4) is 0 Å². The Hall–Kier alpha value is -2.34. The number of anilines is 2. The largest absolute Gasteiger partial charge is 0.357 e. The lowest BCUT2D eigenvalue weighted by Gasteiger charge is -2.17. The lowest BCUT2D eigenvalue weighted by Crippen LogP contribution is -2.29. The lowest BCUT2D eigenvalue weighted by molar-refractivity contribution is 0.251. The van der Waals surface area contributed by atoms with Gasteiger partial charge >= 0.3 is 6.03 Å². The molecule has 2 N–H and O–H groups in total. The molecule has 0 spiro atoms. The number of aryl methyl sites for hydroxylation is 1. The number of amides is 2. The zero-order valence-electron chi connectivity index (χ0n) is 13.6. The number of hydrogen-bond acceptors (Lipinski definition) is 4. The smallest absolute Gasteiger partial charge is 0.319 e. The predicted octanol–water partition coefficient (Wildman–Crippen LogP) is 3.36. The Morgan fingerprint density at radius 1 is 1.25 bits per heavy atom. The van der Waals surface area contributed by atoms with Crippen LogP contribution in [0.2, 0.25) is 5.02 Å². The van der Waals surface area contributed by atoms with Gasteiger partial charge in [-0.15, -0.1) is 0 Å². The molecule has 0 bridgehead atoms. The van der Waals surface area contributed by atoms with Crippen molar-refractivity contribution in [1.82, 2.24) is 15.3 Å². The van der Waals surface area contributed by atoms with Gasteiger partial charge in [-0.1, -0.05) is 23.7 Å². The first-order valence-electron chi connectivity index (χ1n) is 8.01. The molecule has 1 aliphatic heterocycles. The average Bonchev–Trinajstić information content (AvgIpc) is 3.09. The third-order valence-electron chi connectivity index (χ3n) is 3.85. The Morgan fingerprint density at radius 3 is 2.75 bits per heavy atom. The van der Waals surface area contributed by atoms with Crippen LogP contribution in [0.1, 0.15) is 24.4 Å². The Morgan fingerprint density at radius 2 is 2.00 bits per heavy atom. The van der Waals surface area contributed by atoms with Crippen LogP contribution in [0.5, 0.6) is 0 Å². The molecule has 0 aliphatic carbocycles. The summed E-state index contributed by atoms with van der Waals surface area (Å²) in [7, 11) is 0. The van der Waals surface area contributed by atoms with E-state index in [2.05, 4.69) is 25.5 Å². The number of halogens is 1. The second-order valence-corrected chi connectivity index (χ2v) is 6.17. The van der Waals surface area contributed by atoms with Gasteiger partial charge in [0.25, 0.3) is 0 Å². The number of nitrogens with one attached hydrogen (secondary N) is 2. The number of hydrogen-bond donors (Lipinski definition) is 2. The molecule has 1 aliphatic rings. The molecule has 2 heterocycles. The van der Waals surface area contributed by atoms with Gasteiger partial charge in [-0.2, -0.15) is 0 Å². The molecule has 0 atom stereocenters. The van der Waals surface area contributed by atoms with Crippen LogP contribution in [0.3, 0.4) is 0 Å². The van der Waals surface area contributed by atoms with Gasteiger partial charge in [0, 0.05) is 24.8 Å². The highest BCUT2D eigenvalue weighted by Gasteiger charge is 2.15. The van der Waals surface area contributed by atoms with Gasteiger partial charge in [0.15, 0.2) is 0 Å². The Labute approximate surface area is 146 Å². The van der Waals surface area contributed by atoms with Crippen molar-refractivity contribution < 1.29 is 4.79 Å². The van der Waals surface area contributed by atoms with Crippen molar-refractivity contribution in [2.45, 2.75) is 26.3 Å². The standard InChI is InChI=1S/C17H20ClN5O/c1-12-10-16(23-8-4-5-9-23)22-15(20-12)11-19-17(24)21-14-7-3-2-6-13(14)18/h2-3,6-7,10H,4-5,8-9,11H2,1H3,(H2,19,21,24). The van der Waals surface area contributed by atoms with E-state index in [-0.39, 0.29) is 12.6 Å². The summed E-state index contributed by atoms with van der Waals surface area (Å²) >= 11 is 6.03. The molecule has 2 aromatic rings. The Balaban J connectivity index is 1.61. The number of aromatic nitrogens is 2. The fraction of sp³-hybridized carbons (Fsp3) is 0.353. The van der Waals surface area contributed by atoms with Gasteiger partial charge in [-0.3, -0.25) is 0 Å². The van der Waals surface area contributed by atoms with E-state index in [1.165, 1.54) is 12.8 Å². The SMILES string of the molecule is Cc1cc(N2CCCC2)nc(CNC(=O)Nc2ccccc2Cl)n1. The molecule has 24 heavy (non-hydrogen) atoms. The third-order valence-corrected chi connectivity index (χ3v) is 4.18. The fourth-order valence-corrected chi connectivity index (χ4v) is 2.87. The molecule has 7 heteroatoms. The van der Waals surface area contributed by atoms with E-state index in [4.69, 9.17) is 11.6 Å². The maximum absolute atomic E-state index is 12.0. The third kappa shape index (κ3) is 4.14. The summed E-state index contributed by atoms with van der Waals surface area (Å²) in [5.74, 6) is 1.54. The van der Waals surface area contributed by atoms with E-state index < -0.39 is 0 Å². The summed E-state index contributed by atoms with van der Waals surface area (Å²) in [6.45, 7) is 4.25. The van der Waals surface area contributed by atoms with E-state index in [0.717, 1.165) is 24.6 Å². The second-order valence-electron chi connectivity index (χ2n) is 5.77. The summed E-state index contributed by atoms with van der Waals surface area (Å²) < 4.78 is 0. The zero-order chi connectivity index (χ0) is 16.9. The van der Waals surface area contributed by atoms with Crippen LogP contribution in [0, 0.1) is 6.92 Å². The molecular formula is C17H20ClN5O. The molecule has 126 valence electrons. The zero-order valence-corrected chi connectivity index (χ0v) is 14.3. The van der Waals surface area contributed by atoms with Crippen molar-refractivity contribution >= 4 is 29.1 Å². The molecule has 6 nitrogen and oxygen atoms in total. The van der Waals surface area contributed by atoms with Gasteiger partial charge in [-0.05, 0) is 31.9 Å². The molecule has 2 amide bonds. The molecule has 3 rings (SSSR count). The average molecular weight is 346 g/mol. The highest BCUT2D eigenvalue weighted by atomic mass is 35.5. The molecule has 1 aromatic heterocycles. The fourth-order valence-electron chi connectivity index (χ4n) is 2.69. The molecule has 0 saturated carbocycles. The van der Waals surface area contributed by atoms with Gasteiger partial charge in [-0.25, -0.2) is 14.8 Å². The Kier molecular flexibility index (Phi) is 5.15. The summed E-state index contributed by atoms with van der Waals surface area (Å²) in [4.78, 5) is 23.2. The number of rotatable bonds is 4. The van der Waals surface area contributed by atoms with Crippen molar-refractivity contribution in [2.24, 2.45) is 0 Å². The van der Waals surface area contributed by atoms with Crippen molar-refractivity contribution in [1.29, 1.82) is 0 Å². The maximum atomic E-state index is 12.0. The minimum atomic E-state index is -0.337. The van der Waals surface area contributed by atoms with Gasteiger partial charge in [0.1, 0.15) is 11.6 Å². The molecule has 1 fully saturated rings. The summed E-state index contributed by atoms with van der Waals surface area (Å²) in [5, 5.41) is 5.98. The maximum Gasteiger partial charge on any atom is 0.319 e. The molecular weight excluding hydrogens is 326 g/mol. The van der Waals surface area contributed by atoms with Crippen LogP contribution in [-0.2, 0) is 6.54 Å². The quantitative estimate of drug-likeness (QED) is 0.891. The first kappa shape index (κ1) is 16.5. The number of carbonyl (C=O) groups excluding carboxylic acids is 1. The first-order valence-corrected chi connectivity index (χ1v) is 8.38. The van der Waals surface area contributed by atoms with E-state index in [0.29, 0.717) is 16.5 Å². The number of urea groups is 1. The van der Waals surface area contributed by atoms with Crippen LogP contribution < -0.4 is 15.5 Å². The molecule has 1 aromatic carbocycles. The van der Waals surface area contributed by atoms with Crippen LogP contribution in [0.25, 0.3) is 0 Å². The van der Waals surface area contributed by atoms with Crippen molar-refractivity contribution in [3.05, 3.63) is 46.9 Å². The van der Waals surface area contributed by atoms with E-state index in [9.17, 15) is 4.79 Å². The van der Waals surface area contributed by atoms with Crippen molar-refractivity contribution in [2.75, 3.05) is 23.3 Å². The number of benzene rings is 1. The molecule has 0 radical (unpaired) electrons. The topological polar surface area (TPSA) is 70.2 Å². The summed E-state index contributed by atoms with van der Waals surface area (Å²) in [6, 6.07) is 8.74. The first-order chi connectivity index (χ1) is 11.6. The second kappa shape index (κ2) is 7.49. The summed E-state index contributed by atoms with van der Waals surface area (Å²) in [5.41, 5.74) is 1.47. The van der Waals surface area contributed by atoms with Crippen LogP contribution in [0.4, 0.5) is 16.3 Å². The monoisotopic (exact) mass is 345 g/mol. The number of para-hydroxylation sites is 1. The Bertz CT molecular complexity index is 731. The van der Waals surface area contributed by atoms with Crippen molar-refractivity contribution in [3.63, 3.8) is 0 Å². The predicted molar refractivity (Wildman–Crippen MR) is 95.5 cm³/mol. The van der Waals surface area contributed by atoms with Gasteiger partial charge in [0.2, 0.25) is 0 Å².